The smallest absolute Gasteiger partial charge is 0.253 e. The number of likely N-dealkylation sites (tertiary alicyclic amines) is 1. The number of piperidine rings is 1. The van der Waals surface area contributed by atoms with Crippen LogP contribution in [0.15, 0.2) is 77.7 Å². The summed E-state index contributed by atoms with van der Waals surface area (Å²) < 4.78 is 39.4. The van der Waals surface area contributed by atoms with Crippen LogP contribution >= 0.6 is 0 Å². The maximum Gasteiger partial charge on any atom is 0.253 e. The molecule has 1 fully saturated rings. The van der Waals surface area contributed by atoms with Crippen molar-refractivity contribution >= 4 is 15.9 Å². The highest BCUT2D eigenvalue weighted by molar-refractivity contribution is 7.89. The minimum absolute atomic E-state index is 0.00229. The third-order valence-electron chi connectivity index (χ3n) is 5.79. The van der Waals surface area contributed by atoms with Crippen LogP contribution in [0.25, 0.3) is 0 Å². The Morgan fingerprint density at radius 2 is 1.51 bits per heavy atom. The highest BCUT2D eigenvalue weighted by Crippen LogP contribution is 2.25. The van der Waals surface area contributed by atoms with E-state index in [0.29, 0.717) is 23.7 Å². The van der Waals surface area contributed by atoms with E-state index in [0.717, 1.165) is 43.7 Å². The monoisotopic (exact) mass is 494 g/mol. The van der Waals surface area contributed by atoms with E-state index in [1.165, 1.54) is 12.1 Å². The summed E-state index contributed by atoms with van der Waals surface area (Å²) in [5, 5.41) is 0. The van der Waals surface area contributed by atoms with Gasteiger partial charge in [-0.25, -0.2) is 13.1 Å². The Hall–Kier alpha value is -3.36. The van der Waals surface area contributed by atoms with E-state index >= 15 is 0 Å². The molecule has 8 heteroatoms. The number of benzene rings is 3. The molecule has 1 aliphatic rings. The quantitative estimate of drug-likeness (QED) is 0.453. The zero-order chi connectivity index (χ0) is 24.7. The third kappa shape index (κ3) is 6.61. The van der Waals surface area contributed by atoms with Crippen LogP contribution in [-0.2, 0) is 16.6 Å². The minimum Gasteiger partial charge on any atom is -0.494 e. The van der Waals surface area contributed by atoms with Crippen LogP contribution < -0.4 is 14.2 Å². The Balaban J connectivity index is 1.36. The summed E-state index contributed by atoms with van der Waals surface area (Å²) in [6.45, 7) is 4.14. The lowest BCUT2D eigenvalue weighted by Gasteiger charge is -2.26. The molecule has 1 saturated heterocycles. The van der Waals surface area contributed by atoms with Crippen molar-refractivity contribution in [2.24, 2.45) is 0 Å². The average molecular weight is 495 g/mol. The topological polar surface area (TPSA) is 84.9 Å². The number of ether oxygens (including phenoxy) is 2. The third-order valence-corrected chi connectivity index (χ3v) is 7.21. The molecule has 0 aliphatic carbocycles. The molecule has 0 atom stereocenters. The van der Waals surface area contributed by atoms with Gasteiger partial charge in [0.25, 0.3) is 5.91 Å². The summed E-state index contributed by atoms with van der Waals surface area (Å²) in [4.78, 5) is 14.8. The van der Waals surface area contributed by atoms with Gasteiger partial charge in [-0.15, -0.1) is 0 Å². The molecule has 0 spiro atoms. The van der Waals surface area contributed by atoms with Crippen molar-refractivity contribution in [3.63, 3.8) is 0 Å². The summed E-state index contributed by atoms with van der Waals surface area (Å²) in [7, 11) is -3.73. The van der Waals surface area contributed by atoms with Crippen LogP contribution in [-0.4, -0.2) is 38.9 Å². The van der Waals surface area contributed by atoms with E-state index in [1.54, 1.807) is 42.5 Å². The summed E-state index contributed by atoms with van der Waals surface area (Å²) >= 11 is 0. The van der Waals surface area contributed by atoms with E-state index < -0.39 is 10.0 Å². The first-order valence-corrected chi connectivity index (χ1v) is 13.3. The summed E-state index contributed by atoms with van der Waals surface area (Å²) in [5.41, 5.74) is 1.31. The van der Waals surface area contributed by atoms with Crippen molar-refractivity contribution in [2.45, 2.75) is 37.6 Å². The minimum atomic E-state index is -3.73. The molecule has 3 aromatic carbocycles. The first-order valence-electron chi connectivity index (χ1n) is 11.8. The number of rotatable bonds is 9. The largest absolute Gasteiger partial charge is 0.494 e. The molecular weight excluding hydrogens is 464 g/mol. The fraction of sp³-hybridized carbons (Fsp3) is 0.296. The predicted molar refractivity (Wildman–Crippen MR) is 134 cm³/mol. The second-order valence-electron chi connectivity index (χ2n) is 8.36. The van der Waals surface area contributed by atoms with Gasteiger partial charge in [-0.3, -0.25) is 4.79 Å². The Kier molecular flexibility index (Phi) is 8.05. The predicted octanol–water partition coefficient (Wildman–Crippen LogP) is 4.98. The van der Waals surface area contributed by atoms with Gasteiger partial charge in [0.15, 0.2) is 0 Å². The number of hydrogen-bond donors (Lipinski definition) is 1. The van der Waals surface area contributed by atoms with Gasteiger partial charge in [0.05, 0.1) is 11.5 Å². The van der Waals surface area contributed by atoms with Gasteiger partial charge in [0, 0.05) is 25.2 Å². The molecule has 0 bridgehead atoms. The number of hydrogen-bond acceptors (Lipinski definition) is 5. The first-order chi connectivity index (χ1) is 16.9. The van der Waals surface area contributed by atoms with Crippen molar-refractivity contribution in [2.75, 3.05) is 19.7 Å². The lowest BCUT2D eigenvalue weighted by molar-refractivity contribution is 0.0724. The Bertz CT molecular complexity index is 1240. The normalized spacial score (nSPS) is 13.9. The van der Waals surface area contributed by atoms with Gasteiger partial charge in [-0.2, -0.15) is 0 Å². The van der Waals surface area contributed by atoms with E-state index in [4.69, 9.17) is 9.47 Å². The SMILES string of the molecule is CCOc1ccc(Oc2ccc(S(=O)(=O)NCc3cccc(C(=O)N4CCCCC4)c3)cc2)cc1. The van der Waals surface area contributed by atoms with E-state index in [-0.39, 0.29) is 17.3 Å². The van der Waals surface area contributed by atoms with Crippen molar-refractivity contribution in [1.29, 1.82) is 0 Å². The summed E-state index contributed by atoms with van der Waals surface area (Å²) in [5.74, 6) is 1.91. The van der Waals surface area contributed by atoms with Gasteiger partial charge in [0.2, 0.25) is 10.0 Å². The number of carbonyl (C=O) groups excluding carboxylic acids is 1. The van der Waals surface area contributed by atoms with Crippen molar-refractivity contribution in [3.8, 4) is 17.2 Å². The molecule has 0 saturated carbocycles. The molecule has 184 valence electrons. The molecule has 4 rings (SSSR count). The summed E-state index contributed by atoms with van der Waals surface area (Å²) in [6.07, 6.45) is 3.20. The Morgan fingerprint density at radius 1 is 0.886 bits per heavy atom. The van der Waals surface area contributed by atoms with Gasteiger partial charge in [0.1, 0.15) is 17.2 Å². The molecule has 3 aromatic rings. The van der Waals surface area contributed by atoms with Gasteiger partial charge < -0.3 is 14.4 Å². The number of carbonyl (C=O) groups is 1. The van der Waals surface area contributed by atoms with Crippen LogP contribution in [0.1, 0.15) is 42.1 Å². The van der Waals surface area contributed by atoms with Crippen molar-refractivity contribution in [1.82, 2.24) is 9.62 Å². The van der Waals surface area contributed by atoms with Gasteiger partial charge in [-0.05, 0) is 92.4 Å². The molecule has 1 N–H and O–H groups in total. The molecule has 7 nitrogen and oxygen atoms in total. The lowest BCUT2D eigenvalue weighted by Crippen LogP contribution is -2.35. The standard InChI is InChI=1S/C27H30N2O5S/c1-2-33-23-9-11-24(12-10-23)34-25-13-15-26(16-14-25)35(31,32)28-20-21-7-6-8-22(19-21)27(30)29-17-4-3-5-18-29/h6-16,19,28H,2-5,17-18,20H2,1H3. The molecular formula is C27H30N2O5S. The van der Waals surface area contributed by atoms with Gasteiger partial charge >= 0.3 is 0 Å². The van der Waals surface area contributed by atoms with Crippen molar-refractivity contribution < 1.29 is 22.7 Å². The van der Waals surface area contributed by atoms with Gasteiger partial charge in [-0.1, -0.05) is 12.1 Å². The second-order valence-corrected chi connectivity index (χ2v) is 10.1. The van der Waals surface area contributed by atoms with Crippen LogP contribution in [0.3, 0.4) is 0 Å². The summed E-state index contributed by atoms with van der Waals surface area (Å²) in [6, 6.07) is 20.6. The maximum atomic E-state index is 12.8. The van der Waals surface area contributed by atoms with Crippen LogP contribution in [0.5, 0.6) is 17.2 Å². The number of sulfonamides is 1. The van der Waals surface area contributed by atoms with E-state index in [1.807, 2.05) is 30.0 Å². The zero-order valence-corrected chi connectivity index (χ0v) is 20.6. The van der Waals surface area contributed by atoms with E-state index in [2.05, 4.69) is 4.72 Å². The number of nitrogens with one attached hydrogen (secondary N) is 1. The Morgan fingerprint density at radius 3 is 2.17 bits per heavy atom. The molecule has 0 unspecified atom stereocenters. The van der Waals surface area contributed by atoms with Crippen LogP contribution in [0.4, 0.5) is 0 Å². The number of nitrogens with zero attached hydrogens (tertiary/aromatic N) is 1. The molecule has 0 aromatic heterocycles. The molecule has 1 heterocycles. The van der Waals surface area contributed by atoms with Crippen LogP contribution in [0.2, 0.25) is 0 Å². The van der Waals surface area contributed by atoms with Crippen LogP contribution in [0, 0.1) is 0 Å². The fourth-order valence-corrected chi connectivity index (χ4v) is 4.97. The Labute approximate surface area is 206 Å². The number of amides is 1. The highest BCUT2D eigenvalue weighted by atomic mass is 32.2. The first kappa shape index (κ1) is 24.8. The molecule has 1 aliphatic heterocycles. The molecule has 0 radical (unpaired) electrons. The fourth-order valence-electron chi connectivity index (χ4n) is 3.95. The highest BCUT2D eigenvalue weighted by Gasteiger charge is 2.19. The van der Waals surface area contributed by atoms with E-state index in [9.17, 15) is 13.2 Å². The maximum absolute atomic E-state index is 12.8. The molecule has 35 heavy (non-hydrogen) atoms. The molecule has 1 amide bonds. The average Bonchev–Trinajstić information content (AvgIpc) is 2.89. The van der Waals surface area contributed by atoms with Crippen molar-refractivity contribution in [3.05, 3.63) is 83.9 Å². The second kappa shape index (κ2) is 11.4. The lowest BCUT2D eigenvalue weighted by atomic mass is 10.1. The zero-order valence-electron chi connectivity index (χ0n) is 19.8.